The van der Waals surface area contributed by atoms with Crippen molar-refractivity contribution in [1.29, 1.82) is 5.26 Å². The van der Waals surface area contributed by atoms with Crippen molar-refractivity contribution in [3.8, 4) is 17.6 Å². The molecule has 0 atom stereocenters. The van der Waals surface area contributed by atoms with Gasteiger partial charge in [-0.3, -0.25) is 4.98 Å². The van der Waals surface area contributed by atoms with Gasteiger partial charge in [0, 0.05) is 19.4 Å². The van der Waals surface area contributed by atoms with Gasteiger partial charge < -0.3 is 4.57 Å². The van der Waals surface area contributed by atoms with Gasteiger partial charge in [-0.2, -0.15) is 18.4 Å². The van der Waals surface area contributed by atoms with Crippen LogP contribution in [0.3, 0.4) is 0 Å². The van der Waals surface area contributed by atoms with Gasteiger partial charge in [-0.15, -0.1) is 0 Å². The van der Waals surface area contributed by atoms with Gasteiger partial charge in [-0.25, -0.2) is 18.4 Å². The third-order valence-electron chi connectivity index (χ3n) is 5.79. The molecule has 0 bridgehead atoms. The molecule has 31 heavy (non-hydrogen) atoms. The molecule has 1 saturated carbocycles. The summed E-state index contributed by atoms with van der Waals surface area (Å²) in [4.78, 5) is 12.1. The average molecular weight is 449 g/mol. The number of alkyl halides is 3. The summed E-state index contributed by atoms with van der Waals surface area (Å²) < 4.78 is 66.2. The van der Waals surface area contributed by atoms with Crippen molar-refractivity contribution >= 4 is 21.0 Å². The Morgan fingerprint density at radius 1 is 1.23 bits per heavy atom. The molecule has 1 fully saturated rings. The van der Waals surface area contributed by atoms with E-state index in [9.17, 15) is 26.9 Å². The lowest BCUT2D eigenvalue weighted by Gasteiger charge is -2.35. The number of imidazole rings is 1. The van der Waals surface area contributed by atoms with Crippen LogP contribution < -0.4 is 0 Å². The van der Waals surface area contributed by atoms with E-state index in [0.717, 1.165) is 24.8 Å². The van der Waals surface area contributed by atoms with Crippen molar-refractivity contribution < 1.29 is 21.6 Å². The van der Waals surface area contributed by atoms with Crippen LogP contribution in [0.5, 0.6) is 0 Å². The predicted molar refractivity (Wildman–Crippen MR) is 106 cm³/mol. The quantitative estimate of drug-likeness (QED) is 0.601. The van der Waals surface area contributed by atoms with Gasteiger partial charge in [0.05, 0.1) is 27.7 Å². The Morgan fingerprint density at radius 3 is 2.48 bits per heavy atom. The van der Waals surface area contributed by atoms with Crippen LogP contribution in [-0.2, 0) is 28.5 Å². The highest BCUT2D eigenvalue weighted by Gasteiger charge is 2.40. The molecule has 0 spiro atoms. The third-order valence-corrected chi connectivity index (χ3v) is 7.53. The van der Waals surface area contributed by atoms with Crippen molar-refractivity contribution in [1.82, 2.24) is 19.5 Å². The summed E-state index contributed by atoms with van der Waals surface area (Å²) in [5.41, 5.74) is -0.382. The molecule has 1 aliphatic carbocycles. The van der Waals surface area contributed by atoms with Gasteiger partial charge >= 0.3 is 6.18 Å². The molecule has 3 heterocycles. The summed E-state index contributed by atoms with van der Waals surface area (Å²) in [6, 6.07) is 4.66. The van der Waals surface area contributed by atoms with Crippen LogP contribution in [0.25, 0.3) is 22.7 Å². The van der Waals surface area contributed by atoms with E-state index in [1.807, 2.05) is 0 Å². The number of fused-ring (bicyclic) bond motifs is 1. The van der Waals surface area contributed by atoms with Gasteiger partial charge in [-0.1, -0.05) is 6.92 Å². The molecule has 4 rings (SSSR count). The highest BCUT2D eigenvalue weighted by Crippen LogP contribution is 2.43. The number of halogens is 3. The zero-order valence-corrected chi connectivity index (χ0v) is 17.5. The van der Waals surface area contributed by atoms with Crippen molar-refractivity contribution in [2.24, 2.45) is 7.05 Å². The van der Waals surface area contributed by atoms with E-state index in [1.54, 1.807) is 19.3 Å². The standard InChI is InChI=1S/C20H18F3N5O2S/c1-3-31(29,30)15-8-13(20(21,22)23)10-25-16(15)18-27-14-7-12(9-26-17(14)28(18)2)19(11-24)5-4-6-19/h7-10H,3-6H2,1-2H3. The zero-order chi connectivity index (χ0) is 22.6. The maximum atomic E-state index is 13.2. The minimum absolute atomic E-state index is 0.0833. The first-order valence-electron chi connectivity index (χ1n) is 9.57. The molecule has 1 aliphatic rings. The summed E-state index contributed by atoms with van der Waals surface area (Å²) >= 11 is 0. The predicted octanol–water partition coefficient (Wildman–Crippen LogP) is 3.79. The third kappa shape index (κ3) is 3.35. The van der Waals surface area contributed by atoms with E-state index in [-0.39, 0.29) is 17.3 Å². The molecule has 0 aliphatic heterocycles. The van der Waals surface area contributed by atoms with Gasteiger partial charge in [0.1, 0.15) is 11.2 Å². The Hall–Kier alpha value is -3.00. The van der Waals surface area contributed by atoms with Gasteiger partial charge in [-0.05, 0) is 37.0 Å². The molecule has 162 valence electrons. The Bertz CT molecular complexity index is 1340. The summed E-state index contributed by atoms with van der Waals surface area (Å²) in [7, 11) is -2.44. The van der Waals surface area contributed by atoms with Gasteiger partial charge in [0.25, 0.3) is 0 Å². The minimum atomic E-state index is -4.74. The van der Waals surface area contributed by atoms with Gasteiger partial charge in [0.2, 0.25) is 0 Å². The van der Waals surface area contributed by atoms with Crippen LogP contribution in [0, 0.1) is 11.3 Å². The number of aromatic nitrogens is 4. The molecule has 0 unspecified atom stereocenters. The van der Waals surface area contributed by atoms with Crippen molar-refractivity contribution in [3.63, 3.8) is 0 Å². The Labute approximate surface area is 176 Å². The summed E-state index contributed by atoms with van der Waals surface area (Å²) in [5.74, 6) is -0.306. The fourth-order valence-corrected chi connectivity index (χ4v) is 4.76. The fourth-order valence-electron chi connectivity index (χ4n) is 3.71. The van der Waals surface area contributed by atoms with Crippen molar-refractivity contribution in [2.45, 2.75) is 42.7 Å². The van der Waals surface area contributed by atoms with Crippen LogP contribution in [0.1, 0.15) is 37.3 Å². The largest absolute Gasteiger partial charge is 0.417 e. The van der Waals surface area contributed by atoms with E-state index in [4.69, 9.17) is 0 Å². The van der Waals surface area contributed by atoms with Gasteiger partial charge in [0.15, 0.2) is 21.3 Å². The monoisotopic (exact) mass is 449 g/mol. The Morgan fingerprint density at radius 2 is 1.94 bits per heavy atom. The SMILES string of the molecule is CCS(=O)(=O)c1cc(C(F)(F)F)cnc1-c1nc2cc(C3(C#N)CCC3)cnc2n1C. The second kappa shape index (κ2) is 7.02. The number of aryl methyl sites for hydroxylation is 1. The van der Waals surface area contributed by atoms with E-state index < -0.39 is 31.9 Å². The highest BCUT2D eigenvalue weighted by molar-refractivity contribution is 7.91. The summed E-state index contributed by atoms with van der Waals surface area (Å²) in [6.45, 7) is 1.35. The van der Waals surface area contributed by atoms with Crippen molar-refractivity contribution in [3.05, 3.63) is 35.7 Å². The summed E-state index contributed by atoms with van der Waals surface area (Å²) in [6.07, 6.45) is -0.166. The first kappa shape index (κ1) is 21.2. The van der Waals surface area contributed by atoms with E-state index >= 15 is 0 Å². The molecule has 3 aromatic rings. The summed E-state index contributed by atoms with van der Waals surface area (Å²) in [5, 5.41) is 9.57. The minimum Gasteiger partial charge on any atom is -0.310 e. The van der Waals surface area contributed by atoms with Crippen LogP contribution in [0.15, 0.2) is 29.4 Å². The number of hydrogen-bond acceptors (Lipinski definition) is 6. The maximum absolute atomic E-state index is 13.2. The van der Waals surface area contributed by atoms with E-state index in [2.05, 4.69) is 21.0 Å². The second-order valence-corrected chi connectivity index (χ2v) is 9.83. The van der Waals surface area contributed by atoms with Crippen LogP contribution >= 0.6 is 0 Å². The second-order valence-electron chi connectivity index (χ2n) is 7.58. The maximum Gasteiger partial charge on any atom is 0.417 e. The topological polar surface area (TPSA) is 102 Å². The number of nitriles is 1. The molecule has 7 nitrogen and oxygen atoms in total. The molecular weight excluding hydrogens is 431 g/mol. The number of sulfone groups is 1. The molecule has 0 radical (unpaired) electrons. The normalized spacial score (nSPS) is 16.1. The van der Waals surface area contributed by atoms with Crippen LogP contribution in [0.2, 0.25) is 0 Å². The smallest absolute Gasteiger partial charge is 0.310 e. The number of nitrogens with zero attached hydrogens (tertiary/aromatic N) is 5. The van der Waals surface area contributed by atoms with E-state index in [1.165, 1.54) is 11.5 Å². The number of pyridine rings is 2. The first-order chi connectivity index (χ1) is 14.5. The lowest BCUT2D eigenvalue weighted by atomic mass is 9.66. The van der Waals surface area contributed by atoms with Crippen LogP contribution in [0.4, 0.5) is 13.2 Å². The fraction of sp³-hybridized carbons (Fsp3) is 0.400. The molecular formula is C20H18F3N5O2S. The Kier molecular flexibility index (Phi) is 4.81. The number of rotatable bonds is 4. The lowest BCUT2D eigenvalue weighted by molar-refractivity contribution is -0.138. The Balaban J connectivity index is 1.93. The van der Waals surface area contributed by atoms with Crippen molar-refractivity contribution in [2.75, 3.05) is 5.75 Å². The van der Waals surface area contributed by atoms with Crippen LogP contribution in [-0.4, -0.2) is 33.7 Å². The molecule has 0 saturated heterocycles. The molecule has 3 aromatic heterocycles. The van der Waals surface area contributed by atoms with E-state index in [0.29, 0.717) is 23.4 Å². The average Bonchev–Trinajstić information content (AvgIpc) is 3.02. The molecule has 0 amide bonds. The molecule has 0 aromatic carbocycles. The first-order valence-corrected chi connectivity index (χ1v) is 11.2. The zero-order valence-electron chi connectivity index (χ0n) is 16.7. The number of hydrogen-bond donors (Lipinski definition) is 0. The highest BCUT2D eigenvalue weighted by atomic mass is 32.2. The molecule has 11 heteroatoms. The molecule has 0 N–H and O–H groups in total. The lowest BCUT2D eigenvalue weighted by Crippen LogP contribution is -2.32.